The van der Waals surface area contributed by atoms with Gasteiger partial charge in [-0.3, -0.25) is 29.1 Å². The van der Waals surface area contributed by atoms with E-state index in [1.165, 1.54) is 0 Å². The Hall–Kier alpha value is -3.61. The number of nitrogens with zero attached hydrogens (tertiary/aromatic N) is 4. The van der Waals surface area contributed by atoms with E-state index in [1.807, 2.05) is 82.8 Å². The van der Waals surface area contributed by atoms with Crippen LogP contribution in [0.15, 0.2) is 36.5 Å². The van der Waals surface area contributed by atoms with Gasteiger partial charge in [-0.1, -0.05) is 73.1 Å². The van der Waals surface area contributed by atoms with Crippen LogP contribution in [0.3, 0.4) is 0 Å². The fraction of sp³-hybridized carbons (Fsp3) is 0.690. The van der Waals surface area contributed by atoms with E-state index in [4.69, 9.17) is 9.47 Å². The Morgan fingerprint density at radius 2 is 1.65 bits per heavy atom. The third-order valence-corrected chi connectivity index (χ3v) is 11.4. The van der Waals surface area contributed by atoms with Crippen LogP contribution in [0.4, 0.5) is 0 Å². The van der Waals surface area contributed by atoms with Crippen molar-refractivity contribution in [2.45, 2.75) is 117 Å². The van der Waals surface area contributed by atoms with Crippen LogP contribution >= 0.6 is 0 Å². The van der Waals surface area contributed by atoms with E-state index >= 15 is 0 Å². The highest BCUT2D eigenvalue weighted by atomic mass is 16.5. The SMILES string of the molecule is CC[C@H](C)[C@@H]([C@@H](CC(=O)N1CCC[C@H]1[C@H](OC)[C@@H](C)C(=O)NCCc1cccc2ncccc12)OC)N(C)C(=O)[C@@H](NC(=O)[C@H](C(C)C)N(C)C)C(C)C. The van der Waals surface area contributed by atoms with Gasteiger partial charge in [0.05, 0.1) is 48.2 Å². The summed E-state index contributed by atoms with van der Waals surface area (Å²) in [6.07, 6.45) is 3.68. The van der Waals surface area contributed by atoms with Crippen LogP contribution < -0.4 is 10.6 Å². The van der Waals surface area contributed by atoms with Gasteiger partial charge in [0.2, 0.25) is 23.6 Å². The van der Waals surface area contributed by atoms with Crippen molar-refractivity contribution in [3.8, 4) is 0 Å². The molecule has 1 aromatic heterocycles. The number of rotatable bonds is 20. The Morgan fingerprint density at radius 1 is 0.944 bits per heavy atom. The minimum atomic E-state index is -0.745. The average Bonchev–Trinajstić information content (AvgIpc) is 3.62. The molecule has 0 bridgehead atoms. The van der Waals surface area contributed by atoms with Crippen molar-refractivity contribution in [1.29, 1.82) is 0 Å². The normalized spacial score (nSPS) is 18.6. The molecule has 302 valence electrons. The topological polar surface area (TPSA) is 133 Å². The van der Waals surface area contributed by atoms with E-state index in [-0.39, 0.29) is 59.9 Å². The molecule has 2 aromatic rings. The molecule has 1 aromatic carbocycles. The lowest BCUT2D eigenvalue weighted by molar-refractivity contribution is -0.148. The summed E-state index contributed by atoms with van der Waals surface area (Å²) in [5.41, 5.74) is 2.04. The smallest absolute Gasteiger partial charge is 0.245 e. The largest absolute Gasteiger partial charge is 0.379 e. The van der Waals surface area contributed by atoms with Crippen LogP contribution in [0.2, 0.25) is 0 Å². The molecule has 0 aliphatic carbocycles. The number of carbonyl (C=O) groups excluding carboxylic acids is 4. The number of likely N-dealkylation sites (tertiary alicyclic amines) is 1. The molecule has 2 heterocycles. The van der Waals surface area contributed by atoms with E-state index < -0.39 is 30.2 Å². The molecule has 0 spiro atoms. The highest BCUT2D eigenvalue weighted by molar-refractivity contribution is 5.90. The van der Waals surface area contributed by atoms with Crippen LogP contribution in [0.25, 0.3) is 10.9 Å². The number of hydrogen-bond donors (Lipinski definition) is 2. The third kappa shape index (κ3) is 11.0. The van der Waals surface area contributed by atoms with Gasteiger partial charge >= 0.3 is 0 Å². The molecule has 8 atom stereocenters. The van der Waals surface area contributed by atoms with Crippen molar-refractivity contribution in [2.75, 3.05) is 48.5 Å². The molecule has 0 saturated carbocycles. The lowest BCUT2D eigenvalue weighted by Crippen LogP contribution is -2.59. The molecule has 54 heavy (non-hydrogen) atoms. The summed E-state index contributed by atoms with van der Waals surface area (Å²) in [5, 5.41) is 7.22. The van der Waals surface area contributed by atoms with E-state index in [2.05, 4.69) is 35.5 Å². The Bertz CT molecular complexity index is 1520. The summed E-state index contributed by atoms with van der Waals surface area (Å²) < 4.78 is 12.0. The number of likely N-dealkylation sites (N-methyl/N-ethyl adjacent to an activating group) is 2. The fourth-order valence-electron chi connectivity index (χ4n) is 8.28. The molecule has 0 unspecified atom stereocenters. The van der Waals surface area contributed by atoms with E-state index in [0.29, 0.717) is 19.5 Å². The number of carbonyl (C=O) groups is 4. The first-order valence-electron chi connectivity index (χ1n) is 19.8. The Kier molecular flexibility index (Phi) is 17.3. The number of nitrogens with one attached hydrogen (secondary N) is 2. The van der Waals surface area contributed by atoms with Gasteiger partial charge in [-0.25, -0.2) is 0 Å². The minimum Gasteiger partial charge on any atom is -0.379 e. The summed E-state index contributed by atoms with van der Waals surface area (Å²) in [6.45, 7) is 14.8. The first-order chi connectivity index (χ1) is 25.6. The van der Waals surface area contributed by atoms with Crippen molar-refractivity contribution in [3.05, 3.63) is 42.1 Å². The molecule has 2 N–H and O–H groups in total. The zero-order valence-corrected chi connectivity index (χ0v) is 34.9. The average molecular weight is 753 g/mol. The van der Waals surface area contributed by atoms with Crippen molar-refractivity contribution >= 4 is 34.5 Å². The number of methoxy groups -OCH3 is 2. The summed E-state index contributed by atoms with van der Waals surface area (Å²) in [6, 6.07) is 8.14. The predicted molar refractivity (Wildman–Crippen MR) is 214 cm³/mol. The zero-order chi connectivity index (χ0) is 40.3. The van der Waals surface area contributed by atoms with E-state index in [1.54, 1.807) is 32.4 Å². The molecule has 1 aliphatic rings. The third-order valence-electron chi connectivity index (χ3n) is 11.4. The lowest BCUT2D eigenvalue weighted by Gasteiger charge is -2.41. The fourth-order valence-corrected chi connectivity index (χ4v) is 8.28. The number of hydrogen-bond acceptors (Lipinski definition) is 8. The molecular weight excluding hydrogens is 684 g/mol. The zero-order valence-electron chi connectivity index (χ0n) is 34.9. The number of benzene rings is 1. The minimum absolute atomic E-state index is 0.000330. The Labute approximate surface area is 324 Å². The quantitative estimate of drug-likeness (QED) is 0.202. The van der Waals surface area contributed by atoms with Gasteiger partial charge in [-0.2, -0.15) is 0 Å². The molecule has 12 nitrogen and oxygen atoms in total. The maximum absolute atomic E-state index is 14.2. The van der Waals surface area contributed by atoms with Gasteiger partial charge < -0.3 is 29.9 Å². The Morgan fingerprint density at radius 3 is 2.24 bits per heavy atom. The number of ether oxygens (including phenoxy) is 2. The van der Waals surface area contributed by atoms with Crippen molar-refractivity contribution in [1.82, 2.24) is 30.3 Å². The molecule has 1 saturated heterocycles. The maximum atomic E-state index is 14.2. The van der Waals surface area contributed by atoms with Crippen molar-refractivity contribution < 1.29 is 28.7 Å². The number of amides is 4. The molecule has 12 heteroatoms. The highest BCUT2D eigenvalue weighted by Crippen LogP contribution is 2.30. The van der Waals surface area contributed by atoms with Crippen molar-refractivity contribution in [2.24, 2.45) is 23.7 Å². The maximum Gasteiger partial charge on any atom is 0.245 e. The summed E-state index contributed by atoms with van der Waals surface area (Å²) >= 11 is 0. The van der Waals surface area contributed by atoms with Crippen LogP contribution in [-0.4, -0.2) is 128 Å². The van der Waals surface area contributed by atoms with Gasteiger partial charge in [0, 0.05) is 45.9 Å². The molecule has 1 fully saturated rings. The van der Waals surface area contributed by atoms with Gasteiger partial charge in [-0.05, 0) is 68.8 Å². The van der Waals surface area contributed by atoms with Crippen LogP contribution in [0, 0.1) is 23.7 Å². The van der Waals surface area contributed by atoms with Gasteiger partial charge in [0.1, 0.15) is 6.04 Å². The van der Waals surface area contributed by atoms with Gasteiger partial charge in [0.15, 0.2) is 0 Å². The standard InChI is InChI=1S/C42H68N6O6/c1-13-28(6)38(47(10)42(52)36(26(2)3)45-41(51)37(27(4)5)46(8)9)34(53-11)25-35(49)48-24-16-20-33(48)39(54-12)29(7)40(50)44-23-21-30-17-14-19-32-31(30)18-15-22-43-32/h14-15,17-19,22,26-29,33-34,36-39H,13,16,20-21,23-25H2,1-12H3,(H,44,50)(H,45,51)/t28-,29+,33-,34+,36-,37-,38-,39+/m0/s1. The number of pyridine rings is 1. The number of fused-ring (bicyclic) bond motifs is 1. The number of aromatic nitrogens is 1. The molecule has 4 amide bonds. The van der Waals surface area contributed by atoms with E-state index in [9.17, 15) is 19.2 Å². The highest BCUT2D eigenvalue weighted by Gasteiger charge is 2.43. The molecule has 0 radical (unpaired) electrons. The Balaban J connectivity index is 1.73. The second-order valence-electron chi connectivity index (χ2n) is 16.0. The van der Waals surface area contributed by atoms with Crippen LogP contribution in [-0.2, 0) is 35.1 Å². The lowest BCUT2D eigenvalue weighted by atomic mass is 9.89. The molecule has 3 rings (SSSR count). The van der Waals surface area contributed by atoms with E-state index in [0.717, 1.165) is 35.7 Å². The summed E-state index contributed by atoms with van der Waals surface area (Å²) in [5.74, 6) is -1.23. The molecule has 1 aliphatic heterocycles. The van der Waals surface area contributed by atoms with Gasteiger partial charge in [-0.15, -0.1) is 0 Å². The first-order valence-corrected chi connectivity index (χ1v) is 19.8. The monoisotopic (exact) mass is 753 g/mol. The molecular formula is C42H68N6O6. The van der Waals surface area contributed by atoms with Crippen LogP contribution in [0.1, 0.15) is 79.7 Å². The predicted octanol–water partition coefficient (Wildman–Crippen LogP) is 4.54. The van der Waals surface area contributed by atoms with Crippen molar-refractivity contribution in [3.63, 3.8) is 0 Å². The summed E-state index contributed by atoms with van der Waals surface area (Å²) in [4.78, 5) is 65.2. The first kappa shape index (κ1) is 44.8. The van der Waals surface area contributed by atoms with Gasteiger partial charge in [0.25, 0.3) is 0 Å². The second kappa shape index (κ2) is 20.9. The van der Waals surface area contributed by atoms with Crippen LogP contribution in [0.5, 0.6) is 0 Å². The summed E-state index contributed by atoms with van der Waals surface area (Å²) in [7, 11) is 8.66. The second-order valence-corrected chi connectivity index (χ2v) is 16.0.